The number of hydrogen-bond donors (Lipinski definition) is 0. The third-order valence-corrected chi connectivity index (χ3v) is 1.68. The third kappa shape index (κ3) is 13.4. The molecule has 0 saturated carbocycles. The van der Waals surface area contributed by atoms with Crippen LogP contribution in [0.1, 0.15) is 51.9 Å². The SMILES string of the molecule is CCCCCCCCC=O.[Nb]. The molecule has 0 atom stereocenters. The summed E-state index contributed by atoms with van der Waals surface area (Å²) >= 11 is 0. The Morgan fingerprint density at radius 2 is 1.55 bits per heavy atom. The van der Waals surface area contributed by atoms with Gasteiger partial charge in [0.2, 0.25) is 0 Å². The maximum Gasteiger partial charge on any atom is 0.119 e. The van der Waals surface area contributed by atoms with Crippen LogP contribution < -0.4 is 0 Å². The fraction of sp³-hybridized carbons (Fsp3) is 0.889. The van der Waals surface area contributed by atoms with E-state index in [-0.39, 0.29) is 22.4 Å². The number of rotatable bonds is 7. The second-order valence-electron chi connectivity index (χ2n) is 2.72. The summed E-state index contributed by atoms with van der Waals surface area (Å²) in [5.41, 5.74) is 0. The first kappa shape index (κ1) is 14.0. The van der Waals surface area contributed by atoms with Gasteiger partial charge in [0, 0.05) is 28.8 Å². The first-order chi connectivity index (χ1) is 4.91. The van der Waals surface area contributed by atoms with Crippen LogP contribution in [-0.2, 0) is 27.2 Å². The van der Waals surface area contributed by atoms with Gasteiger partial charge in [0.1, 0.15) is 6.29 Å². The molecule has 65 valence electrons. The molecule has 1 nitrogen and oxygen atoms in total. The summed E-state index contributed by atoms with van der Waals surface area (Å²) in [4.78, 5) is 9.89. The fourth-order valence-corrected chi connectivity index (χ4v) is 1.01. The summed E-state index contributed by atoms with van der Waals surface area (Å²) in [6, 6.07) is 0. The van der Waals surface area contributed by atoms with E-state index in [0.717, 1.165) is 19.1 Å². The summed E-state index contributed by atoms with van der Waals surface area (Å²) < 4.78 is 0. The van der Waals surface area contributed by atoms with Gasteiger partial charge in [-0.15, -0.1) is 0 Å². The van der Waals surface area contributed by atoms with Crippen molar-refractivity contribution in [2.24, 2.45) is 0 Å². The van der Waals surface area contributed by atoms with Crippen molar-refractivity contribution in [2.45, 2.75) is 51.9 Å². The van der Waals surface area contributed by atoms with E-state index < -0.39 is 0 Å². The molecule has 0 amide bonds. The van der Waals surface area contributed by atoms with Crippen LogP contribution in [0.25, 0.3) is 0 Å². The Morgan fingerprint density at radius 1 is 1.00 bits per heavy atom. The van der Waals surface area contributed by atoms with Crippen LogP contribution in [0.4, 0.5) is 0 Å². The number of hydrogen-bond acceptors (Lipinski definition) is 1. The van der Waals surface area contributed by atoms with Crippen LogP contribution >= 0.6 is 0 Å². The van der Waals surface area contributed by atoms with Crippen LogP contribution in [0.15, 0.2) is 0 Å². The molecule has 0 spiro atoms. The standard InChI is InChI=1S/C9H18O.Nb/c1-2-3-4-5-6-7-8-9-10;/h9H,2-8H2,1H3;. The molecule has 1 radical (unpaired) electrons. The van der Waals surface area contributed by atoms with Crippen molar-refractivity contribution in [1.82, 2.24) is 0 Å². The third-order valence-electron chi connectivity index (χ3n) is 1.68. The zero-order valence-corrected chi connectivity index (χ0v) is 9.58. The van der Waals surface area contributed by atoms with Gasteiger partial charge in [-0.3, -0.25) is 0 Å². The van der Waals surface area contributed by atoms with Gasteiger partial charge in [-0.25, -0.2) is 0 Å². The van der Waals surface area contributed by atoms with E-state index in [9.17, 15) is 4.79 Å². The van der Waals surface area contributed by atoms with E-state index in [2.05, 4.69) is 6.92 Å². The van der Waals surface area contributed by atoms with Crippen LogP contribution in [0, 0.1) is 0 Å². The van der Waals surface area contributed by atoms with Gasteiger partial charge in [-0.2, -0.15) is 0 Å². The van der Waals surface area contributed by atoms with Gasteiger partial charge < -0.3 is 4.79 Å². The second-order valence-corrected chi connectivity index (χ2v) is 2.72. The Kier molecular flexibility index (Phi) is 16.5. The molecular weight excluding hydrogens is 217 g/mol. The molecule has 11 heavy (non-hydrogen) atoms. The van der Waals surface area contributed by atoms with Crippen molar-refractivity contribution in [2.75, 3.05) is 0 Å². The molecule has 0 bridgehead atoms. The van der Waals surface area contributed by atoms with Crippen molar-refractivity contribution >= 4 is 6.29 Å². The molecule has 0 saturated heterocycles. The predicted molar refractivity (Wildman–Crippen MR) is 44.1 cm³/mol. The van der Waals surface area contributed by atoms with Crippen molar-refractivity contribution in [3.05, 3.63) is 0 Å². The average Bonchev–Trinajstić information content (AvgIpc) is 1.97. The van der Waals surface area contributed by atoms with E-state index in [1.165, 1.54) is 32.1 Å². The zero-order chi connectivity index (χ0) is 7.66. The van der Waals surface area contributed by atoms with E-state index in [4.69, 9.17) is 0 Å². The maximum absolute atomic E-state index is 9.89. The molecule has 0 rings (SSSR count). The quantitative estimate of drug-likeness (QED) is 0.376. The molecule has 0 aliphatic carbocycles. The smallest absolute Gasteiger partial charge is 0.119 e. The predicted octanol–water partition coefficient (Wildman–Crippen LogP) is 2.93. The number of unbranched alkanes of at least 4 members (excludes halogenated alkanes) is 6. The van der Waals surface area contributed by atoms with Gasteiger partial charge in [0.15, 0.2) is 0 Å². The van der Waals surface area contributed by atoms with Crippen LogP contribution in [-0.4, -0.2) is 6.29 Å². The fourth-order valence-electron chi connectivity index (χ4n) is 1.01. The monoisotopic (exact) mass is 235 g/mol. The van der Waals surface area contributed by atoms with E-state index in [0.29, 0.717) is 0 Å². The molecule has 0 aromatic carbocycles. The minimum atomic E-state index is 0. The Labute approximate surface area is 85.5 Å². The Bertz CT molecular complexity index is 74.0. The summed E-state index contributed by atoms with van der Waals surface area (Å²) in [5.74, 6) is 0. The number of carbonyl (C=O) groups is 1. The zero-order valence-electron chi connectivity index (χ0n) is 7.38. The second kappa shape index (κ2) is 13.0. The molecule has 2 heteroatoms. The van der Waals surface area contributed by atoms with Crippen LogP contribution in [0.2, 0.25) is 0 Å². The van der Waals surface area contributed by atoms with Gasteiger partial charge in [-0.1, -0.05) is 39.0 Å². The first-order valence-corrected chi connectivity index (χ1v) is 4.35. The molecule has 0 aliphatic heterocycles. The molecule has 0 aliphatic rings. The van der Waals surface area contributed by atoms with Crippen molar-refractivity contribution < 1.29 is 27.2 Å². The minimum Gasteiger partial charge on any atom is -0.303 e. The molecule has 0 unspecified atom stereocenters. The van der Waals surface area contributed by atoms with Gasteiger partial charge in [-0.05, 0) is 6.42 Å². The van der Waals surface area contributed by atoms with E-state index in [1.807, 2.05) is 0 Å². The Morgan fingerprint density at radius 3 is 2.09 bits per heavy atom. The molecule has 0 N–H and O–H groups in total. The van der Waals surface area contributed by atoms with Crippen molar-refractivity contribution in [1.29, 1.82) is 0 Å². The van der Waals surface area contributed by atoms with Crippen LogP contribution in [0.5, 0.6) is 0 Å². The Hall–Kier alpha value is 0.410. The van der Waals surface area contributed by atoms with Gasteiger partial charge in [0.25, 0.3) is 0 Å². The van der Waals surface area contributed by atoms with Gasteiger partial charge in [0.05, 0.1) is 0 Å². The molecule has 0 fully saturated rings. The van der Waals surface area contributed by atoms with Crippen molar-refractivity contribution in [3.63, 3.8) is 0 Å². The van der Waals surface area contributed by atoms with E-state index >= 15 is 0 Å². The number of carbonyl (C=O) groups excluding carboxylic acids is 1. The van der Waals surface area contributed by atoms with Gasteiger partial charge >= 0.3 is 0 Å². The maximum atomic E-state index is 9.89. The van der Waals surface area contributed by atoms with E-state index in [1.54, 1.807) is 0 Å². The summed E-state index contributed by atoms with van der Waals surface area (Å²) in [6.45, 7) is 2.21. The minimum absolute atomic E-state index is 0. The largest absolute Gasteiger partial charge is 0.303 e. The first-order valence-electron chi connectivity index (χ1n) is 4.35. The summed E-state index contributed by atoms with van der Waals surface area (Å²) in [6.07, 6.45) is 9.39. The molecule has 0 aromatic rings. The Balaban J connectivity index is 0. The summed E-state index contributed by atoms with van der Waals surface area (Å²) in [7, 11) is 0. The number of aldehydes is 1. The molecule has 0 heterocycles. The summed E-state index contributed by atoms with van der Waals surface area (Å²) in [5, 5.41) is 0. The van der Waals surface area contributed by atoms with Crippen molar-refractivity contribution in [3.8, 4) is 0 Å². The normalized spacial score (nSPS) is 8.82. The topological polar surface area (TPSA) is 17.1 Å². The molecule has 0 aromatic heterocycles. The van der Waals surface area contributed by atoms with Crippen LogP contribution in [0.3, 0.4) is 0 Å². The average molecular weight is 235 g/mol. The molecular formula is C9H18NbO.